The predicted molar refractivity (Wildman–Crippen MR) is 156 cm³/mol. The lowest BCUT2D eigenvalue weighted by Crippen LogP contribution is -2.42. The van der Waals surface area contributed by atoms with E-state index in [1.54, 1.807) is 12.1 Å². The number of benzene rings is 2. The number of rotatable bonds is 7. The average molecular weight is 538 g/mol. The first kappa shape index (κ1) is 29.7. The molecule has 0 radical (unpaired) electrons. The van der Waals surface area contributed by atoms with Crippen molar-refractivity contribution in [3.63, 3.8) is 0 Å². The molecule has 0 spiro atoms. The standard InChI is InChI=1S/C34H48FNO3/c1-22(28-16-13-26(33(2,3)4)19-29(28)34(5,6)7)39-30-17-12-24(31(30)23-10-14-27(35)15-11-23)20-36-18-8-9-25(21-36)32(37)38/h10-11,13-16,19,22,24-25,30-31H,8-9,12,17-18,20-21H2,1-7H3,(H,37,38). The molecule has 214 valence electrons. The fourth-order valence-electron chi connectivity index (χ4n) is 6.69. The Bertz CT molecular complexity index is 1130. The lowest BCUT2D eigenvalue weighted by atomic mass is 9.77. The molecule has 2 aromatic carbocycles. The van der Waals surface area contributed by atoms with Crippen LogP contribution >= 0.6 is 0 Å². The number of halogens is 1. The molecule has 0 amide bonds. The number of nitrogens with zero attached hydrogens (tertiary/aromatic N) is 1. The van der Waals surface area contributed by atoms with Gasteiger partial charge in [0.25, 0.3) is 0 Å². The lowest BCUT2D eigenvalue weighted by Gasteiger charge is -2.35. The van der Waals surface area contributed by atoms with Gasteiger partial charge in [0.15, 0.2) is 0 Å². The van der Waals surface area contributed by atoms with Crippen molar-refractivity contribution in [2.75, 3.05) is 19.6 Å². The first-order valence-electron chi connectivity index (χ1n) is 14.7. The molecule has 1 N–H and O–H groups in total. The van der Waals surface area contributed by atoms with Crippen LogP contribution in [0.2, 0.25) is 0 Å². The summed E-state index contributed by atoms with van der Waals surface area (Å²) in [5.41, 5.74) is 5.05. The van der Waals surface area contributed by atoms with Crippen LogP contribution in [0.5, 0.6) is 0 Å². The zero-order valence-corrected chi connectivity index (χ0v) is 25.0. The smallest absolute Gasteiger partial charge is 0.307 e. The van der Waals surface area contributed by atoms with Gasteiger partial charge in [-0.2, -0.15) is 0 Å². The Morgan fingerprint density at radius 1 is 1.03 bits per heavy atom. The molecule has 1 aliphatic carbocycles. The molecule has 0 aromatic heterocycles. The third-order valence-electron chi connectivity index (χ3n) is 8.88. The van der Waals surface area contributed by atoms with Gasteiger partial charge in [-0.05, 0) is 90.3 Å². The molecule has 4 nitrogen and oxygen atoms in total. The van der Waals surface area contributed by atoms with Crippen LogP contribution < -0.4 is 0 Å². The van der Waals surface area contributed by atoms with Crippen LogP contribution in [0.25, 0.3) is 0 Å². The Hall–Kier alpha value is -2.24. The summed E-state index contributed by atoms with van der Waals surface area (Å²) < 4.78 is 20.8. The second-order valence-electron chi connectivity index (χ2n) is 14.0. The van der Waals surface area contributed by atoms with E-state index in [-0.39, 0.29) is 40.7 Å². The summed E-state index contributed by atoms with van der Waals surface area (Å²) in [4.78, 5) is 14.0. The number of piperidine rings is 1. The molecule has 5 unspecified atom stereocenters. The minimum Gasteiger partial charge on any atom is -0.481 e. The minimum absolute atomic E-state index is 0.0161. The van der Waals surface area contributed by atoms with Gasteiger partial charge in [-0.1, -0.05) is 71.9 Å². The number of aliphatic carboxylic acids is 1. The van der Waals surface area contributed by atoms with E-state index in [1.165, 1.54) is 16.7 Å². The Morgan fingerprint density at radius 3 is 2.33 bits per heavy atom. The summed E-state index contributed by atoms with van der Waals surface area (Å²) in [6.45, 7) is 18.1. The Labute approximate surface area is 235 Å². The van der Waals surface area contributed by atoms with E-state index in [0.29, 0.717) is 12.5 Å². The maximum absolute atomic E-state index is 13.9. The first-order chi connectivity index (χ1) is 18.2. The third-order valence-corrected chi connectivity index (χ3v) is 8.88. The Morgan fingerprint density at radius 2 is 1.72 bits per heavy atom. The monoisotopic (exact) mass is 537 g/mol. The van der Waals surface area contributed by atoms with E-state index in [2.05, 4.69) is 71.6 Å². The fraction of sp³-hybridized carbons (Fsp3) is 0.618. The quantitative estimate of drug-likeness (QED) is 0.391. The highest BCUT2D eigenvalue weighted by Crippen LogP contribution is 2.45. The van der Waals surface area contributed by atoms with Crippen molar-refractivity contribution in [1.29, 1.82) is 0 Å². The van der Waals surface area contributed by atoms with E-state index in [0.717, 1.165) is 44.3 Å². The van der Waals surface area contributed by atoms with E-state index in [4.69, 9.17) is 4.74 Å². The SMILES string of the molecule is CC(OC1CCC(CN2CCCC(C(=O)O)C2)C1c1ccc(F)cc1)c1ccc(C(C)(C)C)cc1C(C)(C)C. The van der Waals surface area contributed by atoms with Gasteiger partial charge in [0.1, 0.15) is 5.82 Å². The summed E-state index contributed by atoms with van der Waals surface area (Å²) in [7, 11) is 0. The van der Waals surface area contributed by atoms with Gasteiger partial charge >= 0.3 is 5.97 Å². The summed E-state index contributed by atoms with van der Waals surface area (Å²) in [5, 5.41) is 9.58. The van der Waals surface area contributed by atoms with Crippen molar-refractivity contribution in [2.24, 2.45) is 11.8 Å². The van der Waals surface area contributed by atoms with Crippen molar-refractivity contribution in [3.8, 4) is 0 Å². The van der Waals surface area contributed by atoms with Crippen LogP contribution in [-0.2, 0) is 20.4 Å². The molecule has 5 atom stereocenters. The predicted octanol–water partition coefficient (Wildman–Crippen LogP) is 7.86. The van der Waals surface area contributed by atoms with Gasteiger partial charge in [-0.15, -0.1) is 0 Å². The van der Waals surface area contributed by atoms with Gasteiger partial charge in [0.05, 0.1) is 18.1 Å². The molecule has 5 heteroatoms. The summed E-state index contributed by atoms with van der Waals surface area (Å²) in [5.74, 6) is -0.726. The van der Waals surface area contributed by atoms with Gasteiger partial charge < -0.3 is 14.7 Å². The molecule has 4 rings (SSSR count). The molecule has 2 aromatic rings. The zero-order chi connectivity index (χ0) is 28.5. The lowest BCUT2D eigenvalue weighted by molar-refractivity contribution is -0.143. The van der Waals surface area contributed by atoms with Gasteiger partial charge in [0, 0.05) is 19.0 Å². The highest BCUT2D eigenvalue weighted by Gasteiger charge is 2.41. The van der Waals surface area contributed by atoms with Crippen LogP contribution in [-0.4, -0.2) is 41.7 Å². The van der Waals surface area contributed by atoms with Crippen molar-refractivity contribution in [3.05, 3.63) is 70.5 Å². The zero-order valence-electron chi connectivity index (χ0n) is 25.0. The van der Waals surface area contributed by atoms with E-state index >= 15 is 0 Å². The summed E-state index contributed by atoms with van der Waals surface area (Å²) in [6, 6.07) is 13.8. The number of hydrogen-bond acceptors (Lipinski definition) is 3. The second-order valence-corrected chi connectivity index (χ2v) is 14.0. The van der Waals surface area contributed by atoms with E-state index in [9.17, 15) is 14.3 Å². The van der Waals surface area contributed by atoms with Crippen LogP contribution in [0, 0.1) is 17.7 Å². The van der Waals surface area contributed by atoms with Crippen molar-refractivity contribution in [1.82, 2.24) is 4.90 Å². The molecule has 2 aliphatic rings. The number of carboxylic acid groups (broad SMARTS) is 1. The van der Waals surface area contributed by atoms with Crippen LogP contribution in [0.1, 0.15) is 108 Å². The molecule has 0 bridgehead atoms. The Balaban J connectivity index is 1.59. The number of likely N-dealkylation sites (tertiary alicyclic amines) is 1. The molecule has 1 heterocycles. The molecule has 1 saturated carbocycles. The topological polar surface area (TPSA) is 49.8 Å². The third kappa shape index (κ3) is 7.10. The molecule has 1 aliphatic heterocycles. The normalized spacial score (nSPS) is 25.5. The molecule has 2 fully saturated rings. The van der Waals surface area contributed by atoms with Crippen molar-refractivity contribution < 1.29 is 19.0 Å². The van der Waals surface area contributed by atoms with Gasteiger partial charge in [-0.3, -0.25) is 4.79 Å². The minimum atomic E-state index is -0.691. The highest BCUT2D eigenvalue weighted by molar-refractivity contribution is 5.70. The number of carboxylic acids is 1. The second kappa shape index (κ2) is 11.7. The van der Waals surface area contributed by atoms with E-state index in [1.807, 2.05) is 12.1 Å². The molecule has 1 saturated heterocycles. The number of ether oxygens (including phenoxy) is 1. The summed E-state index contributed by atoms with van der Waals surface area (Å²) >= 11 is 0. The Kier molecular flexibility index (Phi) is 8.92. The average Bonchev–Trinajstić information content (AvgIpc) is 3.24. The van der Waals surface area contributed by atoms with Crippen LogP contribution in [0.4, 0.5) is 4.39 Å². The molecular weight excluding hydrogens is 489 g/mol. The molecule has 39 heavy (non-hydrogen) atoms. The van der Waals surface area contributed by atoms with Gasteiger partial charge in [-0.25, -0.2) is 4.39 Å². The van der Waals surface area contributed by atoms with Gasteiger partial charge in [0.2, 0.25) is 0 Å². The van der Waals surface area contributed by atoms with Crippen LogP contribution in [0.3, 0.4) is 0 Å². The summed E-state index contributed by atoms with van der Waals surface area (Å²) in [6.07, 6.45) is 3.57. The molecular formula is C34H48FNO3. The van der Waals surface area contributed by atoms with Crippen molar-refractivity contribution >= 4 is 5.97 Å². The van der Waals surface area contributed by atoms with Crippen molar-refractivity contribution in [2.45, 2.75) is 103 Å². The first-order valence-corrected chi connectivity index (χ1v) is 14.7. The largest absolute Gasteiger partial charge is 0.481 e. The maximum Gasteiger partial charge on any atom is 0.307 e. The number of hydrogen-bond donors (Lipinski definition) is 1. The highest BCUT2D eigenvalue weighted by atomic mass is 19.1. The van der Waals surface area contributed by atoms with E-state index < -0.39 is 5.97 Å². The maximum atomic E-state index is 13.9. The number of carbonyl (C=O) groups is 1. The fourth-order valence-corrected chi connectivity index (χ4v) is 6.69. The van der Waals surface area contributed by atoms with Crippen LogP contribution in [0.15, 0.2) is 42.5 Å².